The van der Waals surface area contributed by atoms with Gasteiger partial charge < -0.3 is 20.1 Å². The van der Waals surface area contributed by atoms with Crippen LogP contribution in [-0.2, 0) is 0 Å². The lowest BCUT2D eigenvalue weighted by molar-refractivity contribution is 0.0283. The molecular formula is C28H28ClN7O2. The maximum atomic E-state index is 10.1. The molecule has 2 N–H and O–H groups in total. The Kier molecular flexibility index (Phi) is 6.09. The average molecular weight is 530 g/mol. The average Bonchev–Trinajstić information content (AvgIpc) is 3.34. The molecule has 7 rings (SSSR count). The highest BCUT2D eigenvalue weighted by Gasteiger charge is 2.47. The quantitative estimate of drug-likeness (QED) is 0.362. The van der Waals surface area contributed by atoms with E-state index in [0.717, 1.165) is 35.9 Å². The van der Waals surface area contributed by atoms with Gasteiger partial charge in [-0.2, -0.15) is 10.4 Å². The van der Waals surface area contributed by atoms with Crippen LogP contribution in [0.1, 0.15) is 25.8 Å². The normalized spacial score (nSPS) is 20.6. The zero-order valence-electron chi connectivity index (χ0n) is 21.2. The number of ether oxygens (including phenoxy) is 1. The van der Waals surface area contributed by atoms with Crippen molar-refractivity contribution in [2.24, 2.45) is 11.8 Å². The number of halogens is 1. The van der Waals surface area contributed by atoms with Crippen LogP contribution in [0, 0.1) is 23.2 Å². The van der Waals surface area contributed by atoms with Gasteiger partial charge in [-0.1, -0.05) is 11.6 Å². The van der Waals surface area contributed by atoms with Gasteiger partial charge >= 0.3 is 0 Å². The maximum absolute atomic E-state index is 10.1. The Labute approximate surface area is 225 Å². The van der Waals surface area contributed by atoms with Gasteiger partial charge in [0.15, 0.2) is 0 Å². The van der Waals surface area contributed by atoms with Crippen molar-refractivity contribution in [3.63, 3.8) is 0 Å². The largest absolute Gasteiger partial charge is 0.489 e. The summed E-state index contributed by atoms with van der Waals surface area (Å²) in [6.45, 7) is 5.33. The van der Waals surface area contributed by atoms with Gasteiger partial charge in [0.05, 0.1) is 34.1 Å². The van der Waals surface area contributed by atoms with Gasteiger partial charge in [-0.15, -0.1) is 0 Å². The van der Waals surface area contributed by atoms with E-state index >= 15 is 0 Å². The Balaban J connectivity index is 1.22. The first-order valence-corrected chi connectivity index (χ1v) is 13.0. The number of hydrogen-bond donors (Lipinski definition) is 2. The lowest BCUT2D eigenvalue weighted by Crippen LogP contribution is -2.61. The summed E-state index contributed by atoms with van der Waals surface area (Å²) in [4.78, 5) is 11.5. The summed E-state index contributed by atoms with van der Waals surface area (Å²) in [5, 5.41) is 28.3. The number of anilines is 2. The third-order valence-electron chi connectivity index (χ3n) is 7.27. The highest BCUT2D eigenvalue weighted by atomic mass is 35.5. The van der Waals surface area contributed by atoms with Crippen molar-refractivity contribution in [3.8, 4) is 22.9 Å². The first kappa shape index (κ1) is 24.5. The number of piperidine rings is 2. The number of aliphatic hydroxyl groups is 1. The van der Waals surface area contributed by atoms with Crippen molar-refractivity contribution in [3.05, 3.63) is 65.7 Å². The van der Waals surface area contributed by atoms with Crippen LogP contribution in [0.5, 0.6) is 5.75 Å². The fourth-order valence-electron chi connectivity index (χ4n) is 5.43. The number of pyridine rings is 3. The fraction of sp³-hybridized carbons (Fsp3) is 0.357. The Morgan fingerprint density at radius 2 is 2.03 bits per heavy atom. The van der Waals surface area contributed by atoms with Crippen LogP contribution in [0.2, 0.25) is 5.02 Å². The van der Waals surface area contributed by atoms with E-state index in [9.17, 15) is 10.4 Å². The number of nitrogens with one attached hydrogen (secondary N) is 1. The van der Waals surface area contributed by atoms with Crippen LogP contribution < -0.4 is 15.0 Å². The summed E-state index contributed by atoms with van der Waals surface area (Å²) in [6.07, 6.45) is 8.04. The third-order valence-corrected chi connectivity index (χ3v) is 7.58. The monoisotopic (exact) mass is 529 g/mol. The zero-order valence-corrected chi connectivity index (χ0v) is 21.9. The molecule has 2 saturated heterocycles. The van der Waals surface area contributed by atoms with E-state index in [0.29, 0.717) is 39.7 Å². The van der Waals surface area contributed by atoms with Crippen molar-refractivity contribution in [1.29, 1.82) is 5.26 Å². The lowest BCUT2D eigenvalue weighted by Gasteiger charge is -2.54. The molecule has 1 saturated carbocycles. The molecule has 38 heavy (non-hydrogen) atoms. The summed E-state index contributed by atoms with van der Waals surface area (Å²) in [5.74, 6) is 3.23. The summed E-state index contributed by atoms with van der Waals surface area (Å²) < 4.78 is 7.48. The molecule has 2 bridgehead atoms. The minimum atomic E-state index is -0.978. The molecule has 0 radical (unpaired) electrons. The Bertz CT molecular complexity index is 1510. The van der Waals surface area contributed by atoms with Crippen molar-refractivity contribution in [2.45, 2.75) is 31.9 Å². The second-order valence-corrected chi connectivity index (χ2v) is 11.1. The van der Waals surface area contributed by atoms with Gasteiger partial charge in [0.25, 0.3) is 0 Å². The van der Waals surface area contributed by atoms with Crippen LogP contribution in [0.25, 0.3) is 16.6 Å². The molecule has 6 heterocycles. The van der Waals surface area contributed by atoms with E-state index in [4.69, 9.17) is 21.3 Å². The number of hydrogen-bond acceptors (Lipinski definition) is 8. The third kappa shape index (κ3) is 4.62. The van der Waals surface area contributed by atoms with Gasteiger partial charge in [-0.3, -0.25) is 0 Å². The molecule has 0 aromatic carbocycles. The highest BCUT2D eigenvalue weighted by molar-refractivity contribution is 6.32. The number of fused-ring (bicyclic) bond motifs is 3. The molecule has 4 aromatic heterocycles. The summed E-state index contributed by atoms with van der Waals surface area (Å²) in [7, 11) is 0. The standard InChI is InChI=1S/C28H28ClN7O2/c1-28(2,37)16-38-21-9-22(26-20(10-30)12-33-36(26)15-21)17-5-6-24(32-11-17)35-13-18-8-19(14-35)25(18)34-27-23(29)4-3-7-31-27/h3-7,9,11-12,15,18-19,25,37H,8,13-14,16H2,1-2H3,(H,31,34)/t18-,19+,25?. The molecule has 1 unspecified atom stereocenters. The molecule has 3 fully saturated rings. The van der Waals surface area contributed by atoms with Gasteiger partial charge in [-0.05, 0) is 62.4 Å². The number of rotatable bonds is 7. The zero-order chi connectivity index (χ0) is 26.4. The van der Waals surface area contributed by atoms with Crippen molar-refractivity contribution >= 4 is 28.8 Å². The maximum Gasteiger partial charge on any atom is 0.144 e. The predicted octanol–water partition coefficient (Wildman–Crippen LogP) is 4.40. The van der Waals surface area contributed by atoms with Gasteiger partial charge in [0, 0.05) is 42.7 Å². The molecular weight excluding hydrogens is 502 g/mol. The molecule has 3 atom stereocenters. The van der Waals surface area contributed by atoms with E-state index in [1.165, 1.54) is 6.42 Å². The van der Waals surface area contributed by atoms with Gasteiger partial charge in [-0.25, -0.2) is 14.5 Å². The second-order valence-electron chi connectivity index (χ2n) is 10.7. The molecule has 194 valence electrons. The number of aromatic nitrogens is 4. The van der Waals surface area contributed by atoms with E-state index in [1.54, 1.807) is 37.0 Å². The summed E-state index contributed by atoms with van der Waals surface area (Å²) in [5.41, 5.74) is 1.84. The second kappa shape index (κ2) is 9.46. The molecule has 10 heteroatoms. The lowest BCUT2D eigenvalue weighted by atomic mass is 9.66. The van der Waals surface area contributed by atoms with Crippen LogP contribution in [0.3, 0.4) is 0 Å². The van der Waals surface area contributed by atoms with Crippen LogP contribution >= 0.6 is 11.6 Å². The first-order valence-electron chi connectivity index (χ1n) is 12.6. The fourth-order valence-corrected chi connectivity index (χ4v) is 5.61. The summed E-state index contributed by atoms with van der Waals surface area (Å²) in [6, 6.07) is 12.2. The smallest absolute Gasteiger partial charge is 0.144 e. The molecule has 0 spiro atoms. The molecule has 2 aliphatic heterocycles. The molecule has 0 amide bonds. The molecule has 1 aliphatic carbocycles. The Hall–Kier alpha value is -3.87. The highest BCUT2D eigenvalue weighted by Crippen LogP contribution is 2.43. The van der Waals surface area contributed by atoms with E-state index in [2.05, 4.69) is 26.4 Å². The Morgan fingerprint density at radius 1 is 1.21 bits per heavy atom. The first-order chi connectivity index (χ1) is 18.3. The number of nitrogens with zero attached hydrogens (tertiary/aromatic N) is 6. The topological polar surface area (TPSA) is 112 Å². The minimum absolute atomic E-state index is 0.126. The molecule has 3 aliphatic rings. The molecule has 9 nitrogen and oxygen atoms in total. The van der Waals surface area contributed by atoms with Crippen LogP contribution in [0.4, 0.5) is 11.6 Å². The van der Waals surface area contributed by atoms with E-state index in [-0.39, 0.29) is 6.61 Å². The SMILES string of the molecule is CC(C)(O)COc1cc(-c2ccc(N3C[C@H]4C[C@@H](C3)C4Nc3ncccc3Cl)nc2)c2c(C#N)cnn2c1. The van der Waals surface area contributed by atoms with Crippen molar-refractivity contribution in [1.82, 2.24) is 19.6 Å². The van der Waals surface area contributed by atoms with Crippen molar-refractivity contribution in [2.75, 3.05) is 29.9 Å². The Morgan fingerprint density at radius 3 is 2.71 bits per heavy atom. The van der Waals surface area contributed by atoms with E-state index in [1.807, 2.05) is 36.5 Å². The summed E-state index contributed by atoms with van der Waals surface area (Å²) >= 11 is 6.30. The van der Waals surface area contributed by atoms with Gasteiger partial charge in [0.1, 0.15) is 30.1 Å². The van der Waals surface area contributed by atoms with Crippen molar-refractivity contribution < 1.29 is 9.84 Å². The van der Waals surface area contributed by atoms with E-state index < -0.39 is 5.60 Å². The van der Waals surface area contributed by atoms with Crippen LogP contribution in [0.15, 0.2) is 55.1 Å². The predicted molar refractivity (Wildman–Crippen MR) is 145 cm³/mol. The minimum Gasteiger partial charge on any atom is -0.489 e. The molecule has 4 aromatic rings. The van der Waals surface area contributed by atoms with Gasteiger partial charge in [0.2, 0.25) is 0 Å². The number of nitriles is 1. The van der Waals surface area contributed by atoms with Crippen LogP contribution in [-0.4, -0.2) is 56.0 Å².